The molecule has 0 aliphatic heterocycles. The molecule has 1 rings (SSSR count). The molecule has 0 unspecified atom stereocenters. The van der Waals surface area contributed by atoms with Crippen molar-refractivity contribution in [1.29, 1.82) is 0 Å². The van der Waals surface area contributed by atoms with E-state index in [0.717, 1.165) is 0 Å². The molecule has 1 nitrogen and oxygen atoms in total. The molecule has 0 aromatic carbocycles. The molecule has 3 heteroatoms. The first-order chi connectivity index (χ1) is 3.00. The number of pyridine rings is 1. The Bertz CT molecular complexity index is 84.4. The smallest absolute Gasteiger partial charge is 1.00 e. The van der Waals surface area contributed by atoms with Crippen molar-refractivity contribution in [2.75, 3.05) is 0 Å². The van der Waals surface area contributed by atoms with E-state index in [0.29, 0.717) is 0 Å². The van der Waals surface area contributed by atoms with Crippen LogP contribution in [-0.2, 0) is 0 Å². The Kier molecular flexibility index (Phi) is 9.70. The van der Waals surface area contributed by atoms with E-state index in [4.69, 9.17) is 0 Å². The molecule has 1 heterocycles. The van der Waals surface area contributed by atoms with Crippen LogP contribution in [0.4, 0.5) is 0 Å². The molecule has 0 fully saturated rings. The van der Waals surface area contributed by atoms with Gasteiger partial charge in [-0.05, 0) is 12.1 Å². The molecule has 0 aliphatic carbocycles. The van der Waals surface area contributed by atoms with Crippen LogP contribution < -0.4 is 34.3 Å². The Morgan fingerprint density at radius 1 is 0.875 bits per heavy atom. The van der Waals surface area contributed by atoms with Gasteiger partial charge in [0.05, 0.1) is 0 Å². The zero-order chi connectivity index (χ0) is 4.24. The third-order valence-electron chi connectivity index (χ3n) is 0.566. The number of nitrogens with zero attached hydrogens (tertiary/aromatic N) is 1. The van der Waals surface area contributed by atoms with Gasteiger partial charge in [0.25, 0.3) is 0 Å². The predicted molar refractivity (Wildman–Crippen MR) is 24.2 cm³/mol. The largest absolute Gasteiger partial charge is 1.00 e. The Morgan fingerprint density at radius 3 is 1.50 bits per heavy atom. The molecule has 0 bridgehead atoms. The molecule has 0 N–H and O–H groups in total. The summed E-state index contributed by atoms with van der Waals surface area (Å²) in [6.07, 6.45) is 3.50. The molecule has 0 saturated carbocycles. The maximum atomic E-state index is 3.78. The van der Waals surface area contributed by atoms with Gasteiger partial charge in [-0.2, -0.15) is 0 Å². The Labute approximate surface area is 69.8 Å². The second-order valence-electron chi connectivity index (χ2n) is 1.02. The maximum Gasteiger partial charge on any atom is 1.00 e. The predicted octanol–water partition coefficient (Wildman–Crippen LogP) is -4.91. The van der Waals surface area contributed by atoms with Crippen LogP contribution in [0.2, 0.25) is 0 Å². The minimum Gasteiger partial charge on any atom is -1.00 e. The minimum absolute atomic E-state index is 0. The monoisotopic (exact) mass is 121 g/mol. The van der Waals surface area contributed by atoms with Crippen LogP contribution >= 0.6 is 0 Å². The van der Waals surface area contributed by atoms with E-state index in [9.17, 15) is 0 Å². The average molecular weight is 121 g/mol. The molecule has 0 aliphatic rings. The van der Waals surface area contributed by atoms with E-state index in [1.807, 2.05) is 18.2 Å². The van der Waals surface area contributed by atoms with Crippen LogP contribution in [0, 0.1) is 0 Å². The van der Waals surface area contributed by atoms with Crippen LogP contribution in [0.5, 0.6) is 0 Å². The van der Waals surface area contributed by atoms with E-state index < -0.39 is 0 Å². The summed E-state index contributed by atoms with van der Waals surface area (Å²) in [5.74, 6) is 0. The topological polar surface area (TPSA) is 12.9 Å². The van der Waals surface area contributed by atoms with Crippen LogP contribution in [-0.4, -0.2) is 4.98 Å². The summed E-state index contributed by atoms with van der Waals surface area (Å²) in [5.41, 5.74) is 0. The molecule has 0 atom stereocenters. The van der Waals surface area contributed by atoms with Crippen molar-refractivity contribution in [3.05, 3.63) is 30.6 Å². The van der Waals surface area contributed by atoms with Crippen molar-refractivity contribution in [1.82, 2.24) is 4.98 Å². The summed E-state index contributed by atoms with van der Waals surface area (Å²) in [7, 11) is 0. The summed E-state index contributed by atoms with van der Waals surface area (Å²) >= 11 is 0. The molecular weight excluding hydrogens is 116 g/mol. The third-order valence-corrected chi connectivity index (χ3v) is 0.566. The van der Waals surface area contributed by atoms with Crippen molar-refractivity contribution in [2.24, 2.45) is 0 Å². The number of aromatic nitrogens is 1. The van der Waals surface area contributed by atoms with Gasteiger partial charge in [-0.1, -0.05) is 6.07 Å². The quantitative estimate of drug-likeness (QED) is 0.313. The Morgan fingerprint density at radius 2 is 1.38 bits per heavy atom. The van der Waals surface area contributed by atoms with Gasteiger partial charge in [-0.25, -0.2) is 0 Å². The fraction of sp³-hybridized carbons (Fsp3) is 0. The van der Waals surface area contributed by atoms with Crippen molar-refractivity contribution in [3.63, 3.8) is 0 Å². The van der Waals surface area contributed by atoms with E-state index in [1.165, 1.54) is 0 Å². The fourth-order valence-electron chi connectivity index (χ4n) is 0.313. The number of hydrogen-bond acceptors (Lipinski definition) is 1. The SMILES string of the molecule is [F-].[Na+].c1ccncc1. The molecule has 0 amide bonds. The number of hydrogen-bond donors (Lipinski definition) is 0. The van der Waals surface area contributed by atoms with Crippen LogP contribution in [0.15, 0.2) is 30.6 Å². The van der Waals surface area contributed by atoms with Crippen LogP contribution in [0.1, 0.15) is 0 Å². The van der Waals surface area contributed by atoms with Gasteiger partial charge < -0.3 is 4.70 Å². The zero-order valence-electron chi connectivity index (χ0n) is 4.71. The summed E-state index contributed by atoms with van der Waals surface area (Å²) in [4.78, 5) is 3.78. The standard InChI is InChI=1S/C5H5N.FH.Na/c1-2-4-6-5-3-1;;/h1-5H;1H;/q;;+1/p-1. The van der Waals surface area contributed by atoms with Gasteiger partial charge in [0.15, 0.2) is 0 Å². The molecule has 38 valence electrons. The number of rotatable bonds is 0. The number of halogens is 1. The minimum atomic E-state index is 0. The maximum absolute atomic E-state index is 3.78. The second-order valence-corrected chi connectivity index (χ2v) is 1.02. The first-order valence-electron chi connectivity index (χ1n) is 1.85. The van der Waals surface area contributed by atoms with Gasteiger partial charge >= 0.3 is 29.6 Å². The molecule has 8 heavy (non-hydrogen) atoms. The summed E-state index contributed by atoms with van der Waals surface area (Å²) < 4.78 is 0. The van der Waals surface area contributed by atoms with E-state index in [1.54, 1.807) is 12.4 Å². The third kappa shape index (κ3) is 4.24. The van der Waals surface area contributed by atoms with Gasteiger partial charge in [-0.15, -0.1) is 0 Å². The summed E-state index contributed by atoms with van der Waals surface area (Å²) in [6, 6.07) is 5.72. The summed E-state index contributed by atoms with van der Waals surface area (Å²) in [5, 5.41) is 0. The van der Waals surface area contributed by atoms with Crippen molar-refractivity contribution >= 4 is 0 Å². The molecular formula is C5H5FNNa. The molecule has 1 aromatic rings. The molecule has 0 saturated heterocycles. The average Bonchev–Trinajstić information content (AvgIpc) is 1.72. The molecule has 1 aromatic heterocycles. The van der Waals surface area contributed by atoms with Crippen molar-refractivity contribution in [2.45, 2.75) is 0 Å². The summed E-state index contributed by atoms with van der Waals surface area (Å²) in [6.45, 7) is 0. The van der Waals surface area contributed by atoms with E-state index >= 15 is 0 Å². The van der Waals surface area contributed by atoms with Gasteiger partial charge in [-0.3, -0.25) is 4.98 Å². The van der Waals surface area contributed by atoms with Gasteiger partial charge in [0.2, 0.25) is 0 Å². The first-order valence-corrected chi connectivity index (χ1v) is 1.85. The normalized spacial score (nSPS) is 6.00. The second kappa shape index (κ2) is 7.08. The Balaban J connectivity index is 0. The van der Waals surface area contributed by atoms with E-state index in [-0.39, 0.29) is 34.3 Å². The molecule has 0 radical (unpaired) electrons. The van der Waals surface area contributed by atoms with Crippen LogP contribution in [0.25, 0.3) is 0 Å². The Hall–Kier alpha value is 0.0800. The molecule has 0 spiro atoms. The first kappa shape index (κ1) is 11.0. The van der Waals surface area contributed by atoms with E-state index in [2.05, 4.69) is 4.98 Å². The van der Waals surface area contributed by atoms with Crippen molar-refractivity contribution < 1.29 is 34.3 Å². The fourth-order valence-corrected chi connectivity index (χ4v) is 0.313. The zero-order valence-corrected chi connectivity index (χ0v) is 6.71. The van der Waals surface area contributed by atoms with Crippen LogP contribution in [0.3, 0.4) is 0 Å². The van der Waals surface area contributed by atoms with Gasteiger partial charge in [0, 0.05) is 12.4 Å². The van der Waals surface area contributed by atoms with Gasteiger partial charge in [0.1, 0.15) is 0 Å². The van der Waals surface area contributed by atoms with Crippen molar-refractivity contribution in [3.8, 4) is 0 Å².